The van der Waals surface area contributed by atoms with Gasteiger partial charge >= 0.3 is 6.09 Å². The number of benzene rings is 1. The van der Waals surface area contributed by atoms with Gasteiger partial charge in [0.1, 0.15) is 11.9 Å². The number of amides is 2. The Morgan fingerprint density at radius 3 is 2.60 bits per heavy atom. The number of aliphatic hydroxyl groups is 1. The molecule has 3 saturated carbocycles. The molecule has 4 aliphatic rings. The quantitative estimate of drug-likeness (QED) is 0.594. The van der Waals surface area contributed by atoms with E-state index in [0.717, 1.165) is 29.7 Å². The van der Waals surface area contributed by atoms with Crippen molar-refractivity contribution >= 4 is 17.8 Å². The molecule has 0 spiro atoms. The number of Topliss-reactive ketones (excluding diaryl/α,β-unsaturated/α-hetero) is 1. The van der Waals surface area contributed by atoms with Crippen molar-refractivity contribution in [3.05, 3.63) is 48.0 Å². The van der Waals surface area contributed by atoms with Crippen LogP contribution in [0.25, 0.3) is 0 Å². The minimum atomic E-state index is -0.717. The summed E-state index contributed by atoms with van der Waals surface area (Å²) in [6, 6.07) is 7.21. The first kappa shape index (κ1) is 24.2. The predicted octanol–water partition coefficient (Wildman–Crippen LogP) is 5.14. The van der Waals surface area contributed by atoms with Crippen LogP contribution >= 0.6 is 0 Å². The molecule has 8 atom stereocenters. The lowest BCUT2D eigenvalue weighted by atomic mass is 9.44. The molecular formula is C29H37NO5. The summed E-state index contributed by atoms with van der Waals surface area (Å²) in [4.78, 5) is 41.2. The van der Waals surface area contributed by atoms with Gasteiger partial charge in [-0.1, -0.05) is 52.0 Å². The molecule has 5 rings (SSSR count). The maximum atomic E-state index is 13.5. The third-order valence-electron chi connectivity index (χ3n) is 10.6. The minimum Gasteiger partial charge on any atom is -0.445 e. The van der Waals surface area contributed by atoms with E-state index in [0.29, 0.717) is 18.4 Å². The average Bonchev–Trinajstić information content (AvgIpc) is 3.38. The number of fused-ring (bicyclic) bond motifs is 1. The van der Waals surface area contributed by atoms with Crippen molar-refractivity contribution < 1.29 is 24.2 Å². The van der Waals surface area contributed by atoms with Gasteiger partial charge in [-0.3, -0.25) is 9.59 Å². The summed E-state index contributed by atoms with van der Waals surface area (Å²) >= 11 is 0. The van der Waals surface area contributed by atoms with Crippen LogP contribution in [-0.2, 0) is 16.1 Å². The topological polar surface area (TPSA) is 83.9 Å². The van der Waals surface area contributed by atoms with E-state index in [2.05, 4.69) is 27.4 Å². The summed E-state index contributed by atoms with van der Waals surface area (Å²) in [7, 11) is 0. The molecule has 1 aromatic rings. The average molecular weight is 480 g/mol. The SMILES string of the molecule is C=C[C@]1(C)C[C@@H](OC(=O)N2Cc3ccccc3C2=O)[C@@]2(C)C3C(=O)CC[C@@]3(CC[C@H]2C)[C@@H](C)[C@@H]1O. The fraction of sp³-hybridized carbons (Fsp3) is 0.621. The summed E-state index contributed by atoms with van der Waals surface area (Å²) in [5.41, 5.74) is -0.314. The Labute approximate surface area is 207 Å². The Morgan fingerprint density at radius 1 is 1.20 bits per heavy atom. The Balaban J connectivity index is 1.56. The van der Waals surface area contributed by atoms with Crippen molar-refractivity contribution in [3.63, 3.8) is 0 Å². The maximum Gasteiger partial charge on any atom is 0.417 e. The fourth-order valence-electron chi connectivity index (χ4n) is 8.09. The molecule has 0 aromatic heterocycles. The van der Waals surface area contributed by atoms with Gasteiger partial charge in [-0.05, 0) is 54.6 Å². The number of carbonyl (C=O) groups is 3. The van der Waals surface area contributed by atoms with E-state index < -0.39 is 29.1 Å². The van der Waals surface area contributed by atoms with Crippen LogP contribution in [0.15, 0.2) is 36.9 Å². The summed E-state index contributed by atoms with van der Waals surface area (Å²) in [5, 5.41) is 11.6. The molecule has 1 N–H and O–H groups in total. The number of nitrogens with zero attached hydrogens (tertiary/aromatic N) is 1. The van der Waals surface area contributed by atoms with E-state index in [9.17, 15) is 19.5 Å². The Kier molecular flexibility index (Phi) is 5.55. The van der Waals surface area contributed by atoms with Crippen molar-refractivity contribution in [2.75, 3.05) is 0 Å². The summed E-state index contributed by atoms with van der Waals surface area (Å²) < 4.78 is 6.26. The first-order valence-electron chi connectivity index (χ1n) is 12.9. The minimum absolute atomic E-state index is 0.0833. The van der Waals surface area contributed by atoms with Gasteiger partial charge in [0.25, 0.3) is 5.91 Å². The molecule has 188 valence electrons. The smallest absolute Gasteiger partial charge is 0.417 e. The molecule has 2 amide bonds. The molecule has 2 bridgehead atoms. The highest BCUT2D eigenvalue weighted by atomic mass is 16.6. The van der Waals surface area contributed by atoms with Crippen LogP contribution in [0.3, 0.4) is 0 Å². The number of hydrogen-bond acceptors (Lipinski definition) is 5. The second-order valence-corrected chi connectivity index (χ2v) is 12.0. The van der Waals surface area contributed by atoms with Crippen LogP contribution in [0, 0.1) is 34.0 Å². The molecule has 1 unspecified atom stereocenters. The fourth-order valence-corrected chi connectivity index (χ4v) is 8.09. The van der Waals surface area contributed by atoms with E-state index in [1.807, 2.05) is 19.1 Å². The highest BCUT2D eigenvalue weighted by Crippen LogP contribution is 2.68. The van der Waals surface area contributed by atoms with Crippen LogP contribution in [0.5, 0.6) is 0 Å². The maximum absolute atomic E-state index is 13.5. The van der Waals surface area contributed by atoms with Gasteiger partial charge in [0.05, 0.1) is 12.6 Å². The van der Waals surface area contributed by atoms with E-state index in [1.165, 1.54) is 0 Å². The predicted molar refractivity (Wildman–Crippen MR) is 131 cm³/mol. The molecule has 3 aliphatic carbocycles. The number of rotatable bonds is 2. The standard InChI is InChI=1S/C29H37NO5/c1-6-27(4)15-22(35-26(34)30-16-19-9-7-8-10-20(19)25(30)33)28(5)17(2)11-13-29(18(3)24(27)32)14-12-21(31)23(28)29/h6-10,17-18,22-24,32H,1,11-16H2,2-5H3/t17-,18+,22-,23?,24+,27-,28+,29+/m1/s1. The number of ketones is 1. The monoisotopic (exact) mass is 479 g/mol. The first-order valence-corrected chi connectivity index (χ1v) is 12.9. The normalized spacial score (nSPS) is 42.7. The van der Waals surface area contributed by atoms with Crippen LogP contribution in [-0.4, -0.2) is 40.0 Å². The number of hydrogen-bond donors (Lipinski definition) is 1. The number of aliphatic hydroxyl groups excluding tert-OH is 1. The third kappa shape index (κ3) is 3.21. The molecule has 1 heterocycles. The van der Waals surface area contributed by atoms with Crippen molar-refractivity contribution in [1.29, 1.82) is 0 Å². The molecule has 1 aliphatic heterocycles. The largest absolute Gasteiger partial charge is 0.445 e. The van der Waals surface area contributed by atoms with Crippen molar-refractivity contribution in [2.45, 2.75) is 78.6 Å². The lowest BCUT2D eigenvalue weighted by Gasteiger charge is -2.61. The van der Waals surface area contributed by atoms with Gasteiger partial charge in [-0.15, -0.1) is 6.58 Å². The molecule has 1 aromatic carbocycles. The summed E-state index contributed by atoms with van der Waals surface area (Å²) in [5.74, 6) is -0.374. The number of ether oxygens (including phenoxy) is 1. The van der Waals surface area contributed by atoms with Crippen molar-refractivity contribution in [1.82, 2.24) is 4.90 Å². The van der Waals surface area contributed by atoms with Gasteiger partial charge in [0, 0.05) is 28.7 Å². The molecular weight excluding hydrogens is 442 g/mol. The van der Waals surface area contributed by atoms with Gasteiger partial charge < -0.3 is 9.84 Å². The Morgan fingerprint density at radius 2 is 1.91 bits per heavy atom. The zero-order valence-corrected chi connectivity index (χ0v) is 21.3. The lowest BCUT2D eigenvalue weighted by Crippen LogP contribution is -2.63. The number of imide groups is 1. The van der Waals surface area contributed by atoms with Crippen molar-refractivity contribution in [3.8, 4) is 0 Å². The number of carbonyl (C=O) groups excluding carboxylic acids is 3. The van der Waals surface area contributed by atoms with Gasteiger partial charge in [0.2, 0.25) is 0 Å². The molecule has 0 radical (unpaired) electrons. The molecule has 35 heavy (non-hydrogen) atoms. The van der Waals surface area contributed by atoms with Crippen LogP contribution in [0.2, 0.25) is 0 Å². The zero-order chi connectivity index (χ0) is 25.3. The van der Waals surface area contributed by atoms with Gasteiger partial charge in [-0.25, -0.2) is 9.69 Å². The Bertz CT molecular complexity index is 1100. The van der Waals surface area contributed by atoms with E-state index in [-0.39, 0.29) is 41.4 Å². The first-order chi connectivity index (χ1) is 16.5. The Hall–Kier alpha value is -2.47. The van der Waals surface area contributed by atoms with Crippen molar-refractivity contribution in [2.24, 2.45) is 34.0 Å². The zero-order valence-electron chi connectivity index (χ0n) is 21.3. The molecule has 6 heteroatoms. The van der Waals surface area contributed by atoms with Crippen LogP contribution < -0.4 is 0 Å². The lowest BCUT2D eigenvalue weighted by molar-refractivity contribution is -0.192. The van der Waals surface area contributed by atoms with E-state index >= 15 is 0 Å². The van der Waals surface area contributed by atoms with E-state index in [1.54, 1.807) is 18.2 Å². The third-order valence-corrected chi connectivity index (χ3v) is 10.6. The highest BCUT2D eigenvalue weighted by Gasteiger charge is 2.68. The van der Waals surface area contributed by atoms with Gasteiger partial charge in [0.15, 0.2) is 0 Å². The summed E-state index contributed by atoms with van der Waals surface area (Å²) in [6.45, 7) is 12.5. The van der Waals surface area contributed by atoms with E-state index in [4.69, 9.17) is 4.74 Å². The second kappa shape index (κ2) is 8.02. The summed E-state index contributed by atoms with van der Waals surface area (Å²) in [6.07, 6.45) is 3.13. The van der Waals surface area contributed by atoms with Gasteiger partial charge in [-0.2, -0.15) is 0 Å². The van der Waals surface area contributed by atoms with Crippen LogP contribution in [0.1, 0.15) is 75.7 Å². The second-order valence-electron chi connectivity index (χ2n) is 12.0. The van der Waals surface area contributed by atoms with Crippen LogP contribution in [0.4, 0.5) is 4.79 Å². The molecule has 0 saturated heterocycles. The molecule has 3 fully saturated rings. The highest BCUT2D eigenvalue weighted by molar-refractivity contribution is 6.06. The molecule has 6 nitrogen and oxygen atoms in total.